The Hall–Kier alpha value is -2.02. The maximum absolute atomic E-state index is 12.8. The van der Waals surface area contributed by atoms with Crippen LogP contribution in [0.3, 0.4) is 0 Å². The number of nitrogens with one attached hydrogen (secondary N) is 1. The molecule has 1 aromatic rings. The molecule has 1 aromatic carbocycles. The molecule has 1 N–H and O–H groups in total. The van der Waals surface area contributed by atoms with E-state index in [0.29, 0.717) is 16.5 Å². The van der Waals surface area contributed by atoms with E-state index in [1.807, 2.05) is 0 Å². The highest BCUT2D eigenvalue weighted by Gasteiger charge is 2.37. The molecule has 0 radical (unpaired) electrons. The number of halogens is 6. The van der Waals surface area contributed by atoms with E-state index >= 15 is 0 Å². The predicted octanol–water partition coefficient (Wildman–Crippen LogP) is 3.08. The van der Waals surface area contributed by atoms with Crippen molar-refractivity contribution in [3.8, 4) is 5.75 Å². The summed E-state index contributed by atoms with van der Waals surface area (Å²) in [6.45, 7) is -0.713. The van der Waals surface area contributed by atoms with Crippen LogP contribution in [0.2, 0.25) is 0 Å². The molecule has 0 atom stereocenters. The monoisotopic (exact) mass is 446 g/mol. The number of carbonyl (C=O) groups excluding carboxylic acids is 2. The smallest absolute Gasteiger partial charge is 0.416 e. The summed E-state index contributed by atoms with van der Waals surface area (Å²) in [5, 5.41) is 2.34. The number of thioether (sulfide) groups is 1. The van der Waals surface area contributed by atoms with Gasteiger partial charge in [-0.15, -0.1) is 0 Å². The first kappa shape index (κ1) is 22.3. The molecule has 0 aromatic heterocycles. The molecule has 154 valence electrons. The van der Waals surface area contributed by atoms with Crippen molar-refractivity contribution in [3.63, 3.8) is 0 Å². The van der Waals surface area contributed by atoms with Gasteiger partial charge in [0, 0.05) is 13.1 Å². The molecule has 5 nitrogen and oxygen atoms in total. The zero-order valence-corrected chi connectivity index (χ0v) is 15.4. The van der Waals surface area contributed by atoms with Crippen molar-refractivity contribution >= 4 is 40.1 Å². The van der Waals surface area contributed by atoms with Gasteiger partial charge in [0.15, 0.2) is 6.61 Å². The molecule has 1 heterocycles. The molecule has 0 unspecified atom stereocenters. The van der Waals surface area contributed by atoms with Gasteiger partial charge in [0.1, 0.15) is 10.1 Å². The number of ether oxygens (including phenoxy) is 1. The maximum atomic E-state index is 12.8. The average molecular weight is 446 g/mol. The largest absolute Gasteiger partial charge is 0.484 e. The third-order valence-electron chi connectivity index (χ3n) is 3.43. The van der Waals surface area contributed by atoms with Gasteiger partial charge in [-0.25, -0.2) is 0 Å². The van der Waals surface area contributed by atoms with Gasteiger partial charge >= 0.3 is 12.4 Å². The average Bonchev–Trinajstić information content (AvgIpc) is 2.90. The number of alkyl halides is 6. The van der Waals surface area contributed by atoms with Crippen LogP contribution in [0.4, 0.5) is 26.3 Å². The van der Waals surface area contributed by atoms with E-state index in [0.717, 1.165) is 0 Å². The van der Waals surface area contributed by atoms with Gasteiger partial charge in [0.05, 0.1) is 16.9 Å². The normalized spacial score (nSPS) is 15.1. The summed E-state index contributed by atoms with van der Waals surface area (Å²) >= 11 is 6.12. The van der Waals surface area contributed by atoms with E-state index in [1.54, 1.807) is 0 Å². The van der Waals surface area contributed by atoms with Crippen LogP contribution in [-0.4, -0.2) is 46.5 Å². The van der Waals surface area contributed by atoms with Crippen molar-refractivity contribution in [2.45, 2.75) is 12.4 Å². The van der Waals surface area contributed by atoms with Gasteiger partial charge in [-0.3, -0.25) is 14.5 Å². The maximum Gasteiger partial charge on any atom is 0.416 e. The van der Waals surface area contributed by atoms with Crippen LogP contribution in [0.15, 0.2) is 18.2 Å². The standard InChI is InChI=1S/C15H12F6N2O3S2/c16-14(17,18)8-3-9(15(19,20)21)5-10(4-8)26-6-11(24)22-1-2-23-12(25)7-28-13(23)27/h3-5H,1-2,6-7H2,(H,22,24). The highest BCUT2D eigenvalue weighted by atomic mass is 32.2. The van der Waals surface area contributed by atoms with Crippen LogP contribution in [0.25, 0.3) is 0 Å². The predicted molar refractivity (Wildman–Crippen MR) is 91.7 cm³/mol. The molecular formula is C15H12F6N2O3S2. The second-order valence-corrected chi connectivity index (χ2v) is 7.09. The first-order chi connectivity index (χ1) is 12.9. The second-order valence-electron chi connectivity index (χ2n) is 5.48. The van der Waals surface area contributed by atoms with Crippen molar-refractivity contribution < 1.29 is 40.7 Å². The summed E-state index contributed by atoms with van der Waals surface area (Å²) in [5.74, 6) is -1.54. The van der Waals surface area contributed by atoms with Crippen molar-refractivity contribution in [3.05, 3.63) is 29.3 Å². The van der Waals surface area contributed by atoms with E-state index in [1.165, 1.54) is 16.7 Å². The number of benzene rings is 1. The Bertz CT molecular complexity index is 734. The van der Waals surface area contributed by atoms with Gasteiger partial charge in [0.2, 0.25) is 5.91 Å². The lowest BCUT2D eigenvalue weighted by molar-refractivity contribution is -0.143. The highest BCUT2D eigenvalue weighted by Crippen LogP contribution is 2.38. The summed E-state index contributed by atoms with van der Waals surface area (Å²) < 4.78 is 81.7. The number of thiocarbonyl (C=S) groups is 1. The lowest BCUT2D eigenvalue weighted by atomic mass is 10.1. The molecule has 1 aliphatic rings. The molecule has 1 fully saturated rings. The summed E-state index contributed by atoms with van der Waals surface area (Å²) in [5.41, 5.74) is -3.09. The molecule has 0 bridgehead atoms. The van der Waals surface area contributed by atoms with E-state index in [-0.39, 0.29) is 30.8 Å². The molecule has 0 aliphatic carbocycles. The number of hydrogen-bond acceptors (Lipinski definition) is 5. The zero-order valence-electron chi connectivity index (χ0n) is 13.8. The summed E-state index contributed by atoms with van der Waals surface area (Å²) in [7, 11) is 0. The Labute approximate surface area is 164 Å². The lowest BCUT2D eigenvalue weighted by Gasteiger charge is -2.16. The minimum atomic E-state index is -5.01. The Morgan fingerprint density at radius 3 is 2.18 bits per heavy atom. The van der Waals surface area contributed by atoms with Gasteiger partial charge < -0.3 is 10.1 Å². The van der Waals surface area contributed by atoms with Crippen LogP contribution in [-0.2, 0) is 21.9 Å². The fourth-order valence-corrected chi connectivity index (χ4v) is 3.24. The van der Waals surface area contributed by atoms with Crippen LogP contribution >= 0.6 is 24.0 Å². The van der Waals surface area contributed by atoms with Crippen LogP contribution < -0.4 is 10.1 Å². The Morgan fingerprint density at radius 1 is 1.14 bits per heavy atom. The SMILES string of the molecule is O=C(COc1cc(C(F)(F)F)cc(C(F)(F)F)c1)NCCN1C(=O)CSC1=S. The summed E-state index contributed by atoms with van der Waals surface area (Å²) in [6.07, 6.45) is -10.0. The van der Waals surface area contributed by atoms with Crippen molar-refractivity contribution in [2.24, 2.45) is 0 Å². The molecule has 0 saturated carbocycles. The van der Waals surface area contributed by atoms with Gasteiger partial charge in [-0.1, -0.05) is 24.0 Å². The molecule has 2 rings (SSSR count). The third-order valence-corrected chi connectivity index (χ3v) is 4.86. The zero-order chi connectivity index (χ0) is 21.1. The quantitative estimate of drug-likeness (QED) is 0.538. The van der Waals surface area contributed by atoms with Gasteiger partial charge in [-0.05, 0) is 18.2 Å². The molecule has 28 heavy (non-hydrogen) atoms. The molecule has 1 aliphatic heterocycles. The third kappa shape index (κ3) is 5.99. The van der Waals surface area contributed by atoms with E-state index in [4.69, 9.17) is 17.0 Å². The Kier molecular flexibility index (Phi) is 6.80. The van der Waals surface area contributed by atoms with Crippen LogP contribution in [0.1, 0.15) is 11.1 Å². The minimum Gasteiger partial charge on any atom is -0.484 e. The minimum absolute atomic E-state index is 0.00890. The fraction of sp³-hybridized carbons (Fsp3) is 0.400. The van der Waals surface area contributed by atoms with Crippen LogP contribution in [0, 0.1) is 0 Å². The first-order valence-corrected chi connectivity index (χ1v) is 8.93. The number of amides is 2. The number of rotatable bonds is 6. The van der Waals surface area contributed by atoms with E-state index < -0.39 is 41.7 Å². The van der Waals surface area contributed by atoms with Gasteiger partial charge in [0.25, 0.3) is 5.91 Å². The number of nitrogens with zero attached hydrogens (tertiary/aromatic N) is 1. The molecular weight excluding hydrogens is 434 g/mol. The molecule has 13 heteroatoms. The number of hydrogen-bond donors (Lipinski definition) is 1. The van der Waals surface area contributed by atoms with Crippen LogP contribution in [0.5, 0.6) is 5.75 Å². The Morgan fingerprint density at radius 2 is 1.71 bits per heavy atom. The second kappa shape index (κ2) is 8.55. The van der Waals surface area contributed by atoms with Crippen molar-refractivity contribution in [1.29, 1.82) is 0 Å². The van der Waals surface area contributed by atoms with E-state index in [2.05, 4.69) is 5.32 Å². The van der Waals surface area contributed by atoms with Gasteiger partial charge in [-0.2, -0.15) is 26.3 Å². The topological polar surface area (TPSA) is 58.6 Å². The lowest BCUT2D eigenvalue weighted by Crippen LogP contribution is -2.38. The molecule has 1 saturated heterocycles. The van der Waals surface area contributed by atoms with Crippen molar-refractivity contribution in [2.75, 3.05) is 25.4 Å². The summed E-state index contributed by atoms with van der Waals surface area (Å²) in [4.78, 5) is 24.5. The molecule has 0 spiro atoms. The van der Waals surface area contributed by atoms with E-state index in [9.17, 15) is 35.9 Å². The highest BCUT2D eigenvalue weighted by molar-refractivity contribution is 8.23. The molecule has 2 amide bonds. The fourth-order valence-electron chi connectivity index (χ4n) is 2.11. The summed E-state index contributed by atoms with van der Waals surface area (Å²) in [6, 6.07) is 0.711. The Balaban J connectivity index is 1.94. The first-order valence-electron chi connectivity index (χ1n) is 7.54. The number of carbonyl (C=O) groups is 2. The van der Waals surface area contributed by atoms with Crippen molar-refractivity contribution in [1.82, 2.24) is 10.2 Å².